The summed E-state index contributed by atoms with van der Waals surface area (Å²) in [5.41, 5.74) is 3.91. The van der Waals surface area contributed by atoms with Gasteiger partial charge in [-0.2, -0.15) is 9.78 Å². The summed E-state index contributed by atoms with van der Waals surface area (Å²) in [5, 5.41) is 8.47. The third kappa shape index (κ3) is 3.12. The van der Waals surface area contributed by atoms with Gasteiger partial charge in [0.2, 0.25) is 11.0 Å². The second-order valence-corrected chi connectivity index (χ2v) is 8.87. The van der Waals surface area contributed by atoms with Gasteiger partial charge in [-0.15, -0.1) is 0 Å². The molecule has 0 unspecified atom stereocenters. The number of methoxy groups -OCH3 is 1. The molecule has 0 saturated heterocycles. The highest BCUT2D eigenvalue weighted by molar-refractivity contribution is 9.10. The first kappa shape index (κ1) is 18.3. The van der Waals surface area contributed by atoms with Crippen molar-refractivity contribution in [3.8, 4) is 10.9 Å². The number of ether oxygens (including phenoxy) is 1. The molecule has 0 aliphatic carbocycles. The molecule has 146 valence electrons. The van der Waals surface area contributed by atoms with Crippen LogP contribution >= 0.6 is 27.3 Å². The standard InChI is InChI=1S/C21H17BrN4O2S/c1-11-19-15(12-3-5-13(22)6-4-12)10-18(27)24-20(19)26(25-11)21-23-16-8-7-14(28-2)9-17(16)29-21/h3-9,15H,10H2,1-2H3,(H,24,27)/t15-/m0/s1. The van der Waals surface area contributed by atoms with Crippen LogP contribution in [-0.2, 0) is 4.79 Å². The Morgan fingerprint density at radius 1 is 1.24 bits per heavy atom. The van der Waals surface area contributed by atoms with Gasteiger partial charge in [0.25, 0.3) is 0 Å². The van der Waals surface area contributed by atoms with Crippen molar-refractivity contribution in [2.75, 3.05) is 12.4 Å². The zero-order chi connectivity index (χ0) is 20.1. The zero-order valence-corrected chi connectivity index (χ0v) is 18.2. The number of benzene rings is 2. The minimum Gasteiger partial charge on any atom is -0.497 e. The smallest absolute Gasteiger partial charge is 0.226 e. The summed E-state index contributed by atoms with van der Waals surface area (Å²) in [6.45, 7) is 1.98. The highest BCUT2D eigenvalue weighted by Gasteiger charge is 2.33. The second-order valence-electron chi connectivity index (χ2n) is 6.95. The summed E-state index contributed by atoms with van der Waals surface area (Å²) >= 11 is 5.00. The quantitative estimate of drug-likeness (QED) is 0.457. The minimum atomic E-state index is -0.0323. The number of aryl methyl sites for hydroxylation is 1. The normalized spacial score (nSPS) is 16.0. The SMILES string of the molecule is COc1ccc2nc(-n3nc(C)c4c3NC(=O)C[C@H]4c3ccc(Br)cc3)sc2c1. The van der Waals surface area contributed by atoms with Gasteiger partial charge in [0, 0.05) is 22.4 Å². The Balaban J connectivity index is 1.64. The van der Waals surface area contributed by atoms with E-state index in [1.165, 1.54) is 11.3 Å². The largest absolute Gasteiger partial charge is 0.497 e. The van der Waals surface area contributed by atoms with Crippen LogP contribution < -0.4 is 10.1 Å². The number of hydrogen-bond donors (Lipinski definition) is 1. The van der Waals surface area contributed by atoms with Crippen LogP contribution in [0.15, 0.2) is 46.9 Å². The minimum absolute atomic E-state index is 0.0191. The average molecular weight is 469 g/mol. The number of nitrogens with one attached hydrogen (secondary N) is 1. The average Bonchev–Trinajstić information content (AvgIpc) is 3.28. The number of amides is 1. The van der Waals surface area contributed by atoms with Gasteiger partial charge >= 0.3 is 0 Å². The third-order valence-corrected chi connectivity index (χ3v) is 6.66. The molecule has 1 aliphatic rings. The first-order valence-corrected chi connectivity index (χ1v) is 10.7. The van der Waals surface area contributed by atoms with Crippen LogP contribution in [0.25, 0.3) is 15.3 Å². The van der Waals surface area contributed by atoms with Crippen molar-refractivity contribution in [1.82, 2.24) is 14.8 Å². The van der Waals surface area contributed by atoms with E-state index in [9.17, 15) is 4.79 Å². The molecular formula is C21H17BrN4O2S. The molecule has 5 rings (SSSR count). The van der Waals surface area contributed by atoms with Crippen LogP contribution in [0.2, 0.25) is 0 Å². The lowest BCUT2D eigenvalue weighted by Gasteiger charge is -2.24. The molecule has 2 aromatic carbocycles. The number of halogens is 1. The van der Waals surface area contributed by atoms with Crippen LogP contribution in [0.1, 0.15) is 29.2 Å². The monoisotopic (exact) mass is 468 g/mol. The predicted molar refractivity (Wildman–Crippen MR) is 117 cm³/mol. The first-order chi connectivity index (χ1) is 14.0. The molecule has 1 aliphatic heterocycles. The molecule has 29 heavy (non-hydrogen) atoms. The second kappa shape index (κ2) is 6.96. The van der Waals surface area contributed by atoms with E-state index in [1.54, 1.807) is 11.8 Å². The van der Waals surface area contributed by atoms with Crippen LogP contribution in [-0.4, -0.2) is 27.8 Å². The van der Waals surface area contributed by atoms with E-state index in [4.69, 9.17) is 14.8 Å². The molecule has 4 aromatic rings. The summed E-state index contributed by atoms with van der Waals surface area (Å²) < 4.78 is 9.09. The van der Waals surface area contributed by atoms with Crippen LogP contribution in [0, 0.1) is 6.92 Å². The number of hydrogen-bond acceptors (Lipinski definition) is 5. The number of thiazole rings is 1. The molecule has 1 N–H and O–H groups in total. The molecule has 0 saturated carbocycles. The Hall–Kier alpha value is -2.71. The molecular weight excluding hydrogens is 452 g/mol. The molecule has 1 atom stereocenters. The summed E-state index contributed by atoms with van der Waals surface area (Å²) in [4.78, 5) is 17.3. The van der Waals surface area contributed by atoms with Crippen molar-refractivity contribution < 1.29 is 9.53 Å². The lowest BCUT2D eigenvalue weighted by Crippen LogP contribution is -2.24. The molecule has 0 bridgehead atoms. The van der Waals surface area contributed by atoms with Gasteiger partial charge in [-0.3, -0.25) is 4.79 Å². The van der Waals surface area contributed by atoms with Gasteiger partial charge in [0.1, 0.15) is 11.6 Å². The lowest BCUT2D eigenvalue weighted by molar-refractivity contribution is -0.116. The molecule has 1 amide bonds. The van der Waals surface area contributed by atoms with E-state index in [2.05, 4.69) is 33.4 Å². The van der Waals surface area contributed by atoms with Crippen molar-refractivity contribution >= 4 is 49.2 Å². The number of carbonyl (C=O) groups is 1. The predicted octanol–water partition coefficient (Wildman–Crippen LogP) is 5.04. The van der Waals surface area contributed by atoms with E-state index < -0.39 is 0 Å². The van der Waals surface area contributed by atoms with Gasteiger partial charge in [0.05, 0.1) is 23.0 Å². The number of aromatic nitrogens is 3. The molecule has 3 heterocycles. The molecule has 0 fully saturated rings. The number of rotatable bonds is 3. The third-order valence-electron chi connectivity index (χ3n) is 5.14. The topological polar surface area (TPSA) is 69.0 Å². The fourth-order valence-corrected chi connectivity index (χ4v) is 4.99. The van der Waals surface area contributed by atoms with Gasteiger partial charge in [-0.05, 0) is 42.8 Å². The lowest BCUT2D eigenvalue weighted by atomic mass is 9.86. The fraction of sp³-hybridized carbons (Fsp3) is 0.190. The summed E-state index contributed by atoms with van der Waals surface area (Å²) in [6, 6.07) is 13.9. The first-order valence-electron chi connectivity index (χ1n) is 9.13. The van der Waals surface area contributed by atoms with Crippen molar-refractivity contribution in [2.45, 2.75) is 19.3 Å². The summed E-state index contributed by atoms with van der Waals surface area (Å²) in [5.74, 6) is 1.44. The van der Waals surface area contributed by atoms with Crippen molar-refractivity contribution in [1.29, 1.82) is 0 Å². The Morgan fingerprint density at radius 3 is 2.79 bits per heavy atom. The Kier molecular flexibility index (Phi) is 4.40. The molecule has 6 nitrogen and oxygen atoms in total. The van der Waals surface area contributed by atoms with Crippen molar-refractivity contribution in [3.63, 3.8) is 0 Å². The molecule has 8 heteroatoms. The zero-order valence-electron chi connectivity index (χ0n) is 15.8. The van der Waals surface area contributed by atoms with Gasteiger partial charge in [-0.25, -0.2) is 4.98 Å². The Bertz CT molecular complexity index is 1250. The molecule has 0 spiro atoms. The highest BCUT2D eigenvalue weighted by atomic mass is 79.9. The summed E-state index contributed by atoms with van der Waals surface area (Å²) in [7, 11) is 1.65. The maximum absolute atomic E-state index is 12.5. The maximum Gasteiger partial charge on any atom is 0.226 e. The number of anilines is 1. The van der Waals surface area contributed by atoms with Crippen molar-refractivity contribution in [2.24, 2.45) is 0 Å². The molecule has 2 aromatic heterocycles. The van der Waals surface area contributed by atoms with Gasteiger partial charge in [0.15, 0.2) is 0 Å². The number of nitrogens with zero attached hydrogens (tertiary/aromatic N) is 3. The van der Waals surface area contributed by atoms with Crippen molar-refractivity contribution in [3.05, 3.63) is 63.8 Å². The summed E-state index contributed by atoms with van der Waals surface area (Å²) in [6.07, 6.45) is 0.401. The van der Waals surface area contributed by atoms with E-state index >= 15 is 0 Å². The fourth-order valence-electron chi connectivity index (χ4n) is 3.78. The van der Waals surface area contributed by atoms with E-state index in [0.717, 1.165) is 37.3 Å². The van der Waals surface area contributed by atoms with Crippen LogP contribution in [0.3, 0.4) is 0 Å². The van der Waals surface area contributed by atoms with Gasteiger partial charge in [-0.1, -0.05) is 39.4 Å². The maximum atomic E-state index is 12.5. The van der Waals surface area contributed by atoms with Gasteiger partial charge < -0.3 is 10.1 Å². The van der Waals surface area contributed by atoms with Crippen LogP contribution in [0.5, 0.6) is 5.75 Å². The van der Waals surface area contributed by atoms with Crippen LogP contribution in [0.4, 0.5) is 5.82 Å². The Labute approximate surface area is 179 Å². The molecule has 0 radical (unpaired) electrons. The van der Waals surface area contributed by atoms with E-state index in [-0.39, 0.29) is 11.8 Å². The Morgan fingerprint density at radius 2 is 2.03 bits per heavy atom. The van der Waals surface area contributed by atoms with E-state index in [0.29, 0.717) is 17.4 Å². The number of fused-ring (bicyclic) bond motifs is 2. The highest BCUT2D eigenvalue weighted by Crippen LogP contribution is 2.41. The van der Waals surface area contributed by atoms with E-state index in [1.807, 2.05) is 37.3 Å². The number of carbonyl (C=O) groups excluding carboxylic acids is 1.